The van der Waals surface area contributed by atoms with Crippen LogP contribution in [0, 0.1) is 16.0 Å². The SMILES string of the molecule is O=C(NCc1cccnc1)[C@@H]1Cc2cc([N+](=O)[O-])ccc2N2CCN(Cc3ccccc3)C[C@H]12. The summed E-state index contributed by atoms with van der Waals surface area (Å²) in [4.78, 5) is 33.2. The molecule has 0 bridgehead atoms. The number of piperazine rings is 1. The van der Waals surface area contributed by atoms with Crippen LogP contribution in [0.15, 0.2) is 73.1 Å². The predicted octanol–water partition coefficient (Wildman–Crippen LogP) is 3.17. The Morgan fingerprint density at radius 1 is 1.09 bits per heavy atom. The zero-order valence-electron chi connectivity index (χ0n) is 18.8. The monoisotopic (exact) mass is 457 g/mol. The van der Waals surface area contributed by atoms with E-state index in [4.69, 9.17) is 0 Å². The molecule has 5 rings (SSSR count). The fourth-order valence-electron chi connectivity index (χ4n) is 5.09. The van der Waals surface area contributed by atoms with Crippen molar-refractivity contribution >= 4 is 17.3 Å². The minimum absolute atomic E-state index is 0.000293. The van der Waals surface area contributed by atoms with E-state index in [1.807, 2.05) is 36.4 Å². The van der Waals surface area contributed by atoms with Crippen LogP contribution in [0.5, 0.6) is 0 Å². The highest BCUT2D eigenvalue weighted by atomic mass is 16.6. The molecule has 0 radical (unpaired) electrons. The number of non-ortho nitro benzene ring substituents is 1. The van der Waals surface area contributed by atoms with E-state index < -0.39 is 0 Å². The van der Waals surface area contributed by atoms with Crippen molar-refractivity contribution in [2.45, 2.75) is 25.6 Å². The number of hydrogen-bond donors (Lipinski definition) is 1. The van der Waals surface area contributed by atoms with Gasteiger partial charge in [-0.2, -0.15) is 0 Å². The maximum Gasteiger partial charge on any atom is 0.269 e. The topological polar surface area (TPSA) is 91.6 Å². The first-order valence-corrected chi connectivity index (χ1v) is 11.6. The van der Waals surface area contributed by atoms with Gasteiger partial charge in [-0.15, -0.1) is 0 Å². The molecule has 2 aliphatic heterocycles. The molecule has 1 N–H and O–H groups in total. The number of anilines is 1. The van der Waals surface area contributed by atoms with Crippen LogP contribution in [0.1, 0.15) is 16.7 Å². The maximum absolute atomic E-state index is 13.4. The first-order valence-electron chi connectivity index (χ1n) is 11.6. The molecular formula is C26H27N5O3. The van der Waals surface area contributed by atoms with Crippen molar-refractivity contribution < 1.29 is 9.72 Å². The number of hydrogen-bond acceptors (Lipinski definition) is 6. The van der Waals surface area contributed by atoms with Gasteiger partial charge in [-0.05, 0) is 35.2 Å². The number of fused-ring (bicyclic) bond motifs is 3. The number of nitro benzene ring substituents is 1. The zero-order valence-corrected chi connectivity index (χ0v) is 18.8. The number of aromatic nitrogens is 1. The standard InChI is InChI=1S/C26H27N5O3/c32-26(28-16-20-7-4-10-27-15-20)23-14-21-13-22(31(33)34)8-9-24(21)30-12-11-29(18-25(23)30)17-19-5-2-1-3-6-19/h1-10,13,15,23,25H,11-12,14,16-18H2,(H,28,32)/t23-,25-/m1/s1. The van der Waals surface area contributed by atoms with Crippen molar-refractivity contribution in [2.24, 2.45) is 5.92 Å². The van der Waals surface area contributed by atoms with Gasteiger partial charge < -0.3 is 10.2 Å². The van der Waals surface area contributed by atoms with Gasteiger partial charge >= 0.3 is 0 Å². The molecular weight excluding hydrogens is 430 g/mol. The summed E-state index contributed by atoms with van der Waals surface area (Å²) in [5.74, 6) is -0.331. The van der Waals surface area contributed by atoms with Gasteiger partial charge in [-0.1, -0.05) is 36.4 Å². The van der Waals surface area contributed by atoms with Crippen LogP contribution in [0.25, 0.3) is 0 Å². The highest BCUT2D eigenvalue weighted by Crippen LogP contribution is 2.38. The number of nitrogens with zero attached hydrogens (tertiary/aromatic N) is 4. The van der Waals surface area contributed by atoms with Crippen LogP contribution in [0.3, 0.4) is 0 Å². The lowest BCUT2D eigenvalue weighted by atomic mass is 9.83. The number of nitrogens with one attached hydrogen (secondary N) is 1. The summed E-state index contributed by atoms with van der Waals surface area (Å²) in [6.07, 6.45) is 3.93. The lowest BCUT2D eigenvalue weighted by Crippen LogP contribution is -2.60. The van der Waals surface area contributed by atoms with Crippen LogP contribution in [-0.4, -0.2) is 46.4 Å². The first-order chi connectivity index (χ1) is 16.6. The summed E-state index contributed by atoms with van der Waals surface area (Å²) in [5.41, 5.74) is 4.12. The van der Waals surface area contributed by atoms with E-state index in [9.17, 15) is 14.9 Å². The predicted molar refractivity (Wildman–Crippen MR) is 129 cm³/mol. The summed E-state index contributed by atoms with van der Waals surface area (Å²) in [7, 11) is 0. The number of carbonyl (C=O) groups excluding carboxylic acids is 1. The molecule has 2 aliphatic rings. The van der Waals surface area contributed by atoms with E-state index in [1.165, 1.54) is 5.56 Å². The molecule has 8 nitrogen and oxygen atoms in total. The van der Waals surface area contributed by atoms with Gasteiger partial charge in [0.15, 0.2) is 0 Å². The summed E-state index contributed by atoms with van der Waals surface area (Å²) < 4.78 is 0. The Labute approximate surface area is 198 Å². The molecule has 174 valence electrons. The Bertz CT molecular complexity index is 1170. The second kappa shape index (κ2) is 9.61. The second-order valence-electron chi connectivity index (χ2n) is 8.94. The fraction of sp³-hybridized carbons (Fsp3) is 0.308. The van der Waals surface area contributed by atoms with E-state index in [1.54, 1.807) is 24.5 Å². The molecule has 1 amide bonds. The van der Waals surface area contributed by atoms with E-state index in [0.717, 1.165) is 43.0 Å². The van der Waals surface area contributed by atoms with Crippen molar-refractivity contribution in [1.29, 1.82) is 0 Å². The molecule has 8 heteroatoms. The third-order valence-corrected chi connectivity index (χ3v) is 6.77. The third-order valence-electron chi connectivity index (χ3n) is 6.77. The molecule has 2 atom stereocenters. The van der Waals surface area contributed by atoms with Gasteiger partial charge in [0.05, 0.1) is 16.9 Å². The molecule has 0 unspecified atom stereocenters. The average molecular weight is 458 g/mol. The van der Waals surface area contributed by atoms with Gasteiger partial charge in [0.25, 0.3) is 5.69 Å². The Hall–Kier alpha value is -3.78. The third kappa shape index (κ3) is 4.63. The molecule has 0 spiro atoms. The molecule has 0 aliphatic carbocycles. The highest BCUT2D eigenvalue weighted by Gasteiger charge is 2.41. The van der Waals surface area contributed by atoms with Crippen molar-refractivity contribution in [3.8, 4) is 0 Å². The van der Waals surface area contributed by atoms with Gasteiger partial charge in [0.1, 0.15) is 0 Å². The summed E-state index contributed by atoms with van der Waals surface area (Å²) in [5, 5.41) is 14.4. The quantitative estimate of drug-likeness (QED) is 0.452. The van der Waals surface area contributed by atoms with Crippen molar-refractivity contribution in [1.82, 2.24) is 15.2 Å². The molecule has 1 saturated heterocycles. The Kier molecular flexibility index (Phi) is 6.22. The van der Waals surface area contributed by atoms with Gasteiger partial charge in [-0.3, -0.25) is 24.8 Å². The first kappa shape index (κ1) is 22.0. The van der Waals surface area contributed by atoms with Crippen LogP contribution in [0.4, 0.5) is 11.4 Å². The maximum atomic E-state index is 13.4. The lowest BCUT2D eigenvalue weighted by Gasteiger charge is -2.49. The summed E-state index contributed by atoms with van der Waals surface area (Å²) in [6.45, 7) is 3.64. The number of nitro groups is 1. The molecule has 1 fully saturated rings. The number of carbonyl (C=O) groups is 1. The molecule has 1 aromatic heterocycles. The van der Waals surface area contributed by atoms with Crippen LogP contribution < -0.4 is 10.2 Å². The number of pyridine rings is 1. The van der Waals surface area contributed by atoms with Gasteiger partial charge in [-0.25, -0.2) is 0 Å². The minimum atomic E-state index is -0.373. The number of amides is 1. The smallest absolute Gasteiger partial charge is 0.269 e. The van der Waals surface area contributed by atoms with Crippen molar-refractivity contribution in [3.05, 3.63) is 99.9 Å². The molecule has 2 aromatic carbocycles. The van der Waals surface area contributed by atoms with Crippen molar-refractivity contribution in [2.75, 3.05) is 24.5 Å². The molecule has 34 heavy (non-hydrogen) atoms. The Balaban J connectivity index is 1.39. The molecule has 0 saturated carbocycles. The Morgan fingerprint density at radius 3 is 2.68 bits per heavy atom. The number of rotatable bonds is 6. The van der Waals surface area contributed by atoms with Crippen LogP contribution >= 0.6 is 0 Å². The van der Waals surface area contributed by atoms with Gasteiger partial charge in [0, 0.05) is 62.9 Å². The van der Waals surface area contributed by atoms with Crippen LogP contribution in [0.2, 0.25) is 0 Å². The largest absolute Gasteiger partial charge is 0.365 e. The molecule has 3 heterocycles. The Morgan fingerprint density at radius 2 is 1.91 bits per heavy atom. The minimum Gasteiger partial charge on any atom is -0.365 e. The number of benzene rings is 2. The van der Waals surface area contributed by atoms with Gasteiger partial charge in [0.2, 0.25) is 5.91 Å². The van der Waals surface area contributed by atoms with Crippen LogP contribution in [-0.2, 0) is 24.3 Å². The van der Waals surface area contributed by atoms with E-state index in [-0.39, 0.29) is 28.5 Å². The van der Waals surface area contributed by atoms with E-state index in [0.29, 0.717) is 13.0 Å². The molecule has 3 aromatic rings. The summed E-state index contributed by atoms with van der Waals surface area (Å²) in [6, 6.07) is 19.2. The van der Waals surface area contributed by atoms with E-state index in [2.05, 4.69) is 32.2 Å². The zero-order chi connectivity index (χ0) is 23.5. The highest BCUT2D eigenvalue weighted by molar-refractivity contribution is 5.82. The summed E-state index contributed by atoms with van der Waals surface area (Å²) >= 11 is 0. The average Bonchev–Trinajstić information content (AvgIpc) is 2.87. The van der Waals surface area contributed by atoms with Crippen molar-refractivity contribution in [3.63, 3.8) is 0 Å². The van der Waals surface area contributed by atoms with E-state index >= 15 is 0 Å². The fourth-order valence-corrected chi connectivity index (χ4v) is 5.09. The normalized spacial score (nSPS) is 19.7. The second-order valence-corrected chi connectivity index (χ2v) is 8.94. The lowest BCUT2D eigenvalue weighted by molar-refractivity contribution is -0.384.